The molecule has 0 spiro atoms. The molecule has 1 rings (SSSR count). The summed E-state index contributed by atoms with van der Waals surface area (Å²) in [5.74, 6) is -0.0440. The van der Waals surface area contributed by atoms with Gasteiger partial charge in [-0.05, 0) is 38.5 Å². The van der Waals surface area contributed by atoms with E-state index < -0.39 is 6.10 Å². The zero-order valence-electron chi connectivity index (χ0n) is 11.0. The number of nitriles is 1. The van der Waals surface area contributed by atoms with Gasteiger partial charge in [0.2, 0.25) is 0 Å². The van der Waals surface area contributed by atoms with Crippen LogP contribution in [0.3, 0.4) is 0 Å². The highest BCUT2D eigenvalue weighted by Crippen LogP contribution is 2.29. The van der Waals surface area contributed by atoms with Gasteiger partial charge in [0.05, 0.1) is 28.8 Å². The zero-order chi connectivity index (χ0) is 13.7. The molecule has 0 saturated carbocycles. The summed E-state index contributed by atoms with van der Waals surface area (Å²) in [6, 6.07) is 7.77. The van der Waals surface area contributed by atoms with E-state index in [0.717, 1.165) is 17.8 Å². The average molecular weight is 267 g/mol. The van der Waals surface area contributed by atoms with Gasteiger partial charge in [-0.25, -0.2) is 0 Å². The van der Waals surface area contributed by atoms with Crippen LogP contribution in [0.4, 0.5) is 5.69 Å². The zero-order valence-corrected chi connectivity index (χ0v) is 11.8. The van der Waals surface area contributed by atoms with Crippen LogP contribution in [0.2, 0.25) is 5.02 Å². The Morgan fingerprint density at radius 1 is 1.44 bits per heavy atom. The van der Waals surface area contributed by atoms with Crippen LogP contribution >= 0.6 is 11.6 Å². The van der Waals surface area contributed by atoms with Gasteiger partial charge in [0.1, 0.15) is 0 Å². The Labute approximate surface area is 114 Å². The van der Waals surface area contributed by atoms with Gasteiger partial charge in [0.25, 0.3) is 0 Å². The molecule has 1 aromatic rings. The Balaban J connectivity index is 2.97. The summed E-state index contributed by atoms with van der Waals surface area (Å²) in [6.07, 6.45) is -0.523. The fraction of sp³-hybridized carbons (Fsp3) is 0.500. The van der Waals surface area contributed by atoms with Crippen LogP contribution in [0, 0.1) is 17.2 Å². The molecule has 1 unspecified atom stereocenters. The second-order valence-electron chi connectivity index (χ2n) is 4.46. The van der Waals surface area contributed by atoms with Gasteiger partial charge < -0.3 is 10.0 Å². The number of nitrogens with zero attached hydrogens (tertiary/aromatic N) is 2. The molecule has 0 aliphatic heterocycles. The number of anilines is 1. The SMILES string of the molecule is CCN(CC(C)C#N)c1ccc([C@@H](C)O)cc1Cl. The molecule has 98 valence electrons. The molecule has 0 bridgehead atoms. The lowest BCUT2D eigenvalue weighted by atomic mass is 10.1. The normalized spacial score (nSPS) is 13.8. The van der Waals surface area contributed by atoms with Gasteiger partial charge in [-0.1, -0.05) is 17.7 Å². The summed E-state index contributed by atoms with van der Waals surface area (Å²) in [7, 11) is 0. The molecule has 0 fully saturated rings. The van der Waals surface area contributed by atoms with Crippen LogP contribution in [0.1, 0.15) is 32.4 Å². The number of aliphatic hydroxyl groups excluding tert-OH is 1. The maximum atomic E-state index is 9.50. The lowest BCUT2D eigenvalue weighted by molar-refractivity contribution is 0.199. The number of benzene rings is 1. The Kier molecular flexibility index (Phi) is 5.46. The number of halogens is 1. The molecule has 0 aromatic heterocycles. The standard InChI is InChI=1S/C14H19ClN2O/c1-4-17(9-10(2)8-16)14-6-5-12(11(3)18)7-13(14)15/h5-7,10-11,18H,4,9H2,1-3H3/t10?,11-/m1/s1. The molecule has 0 saturated heterocycles. The first-order valence-corrected chi connectivity index (χ1v) is 6.49. The van der Waals surface area contributed by atoms with Crippen molar-refractivity contribution in [1.82, 2.24) is 0 Å². The van der Waals surface area contributed by atoms with Crippen molar-refractivity contribution in [2.75, 3.05) is 18.0 Å². The highest BCUT2D eigenvalue weighted by molar-refractivity contribution is 6.33. The molecule has 3 nitrogen and oxygen atoms in total. The molecule has 0 aliphatic carbocycles. The van der Waals surface area contributed by atoms with Gasteiger partial charge >= 0.3 is 0 Å². The molecule has 0 amide bonds. The molecule has 0 radical (unpaired) electrons. The number of aliphatic hydroxyl groups is 1. The van der Waals surface area contributed by atoms with E-state index in [-0.39, 0.29) is 5.92 Å². The summed E-state index contributed by atoms with van der Waals surface area (Å²) in [4.78, 5) is 2.07. The van der Waals surface area contributed by atoms with Gasteiger partial charge in [0, 0.05) is 13.1 Å². The Hall–Kier alpha value is -1.24. The van der Waals surface area contributed by atoms with E-state index >= 15 is 0 Å². The first-order chi connectivity index (χ1) is 8.49. The first kappa shape index (κ1) is 14.8. The van der Waals surface area contributed by atoms with Crippen LogP contribution in [0.5, 0.6) is 0 Å². The van der Waals surface area contributed by atoms with Crippen molar-refractivity contribution in [2.24, 2.45) is 5.92 Å². The molecule has 1 N–H and O–H groups in total. The van der Waals surface area contributed by atoms with Crippen molar-refractivity contribution >= 4 is 17.3 Å². The van der Waals surface area contributed by atoms with Crippen LogP contribution < -0.4 is 4.90 Å². The number of hydrogen-bond acceptors (Lipinski definition) is 3. The quantitative estimate of drug-likeness (QED) is 0.889. The Bertz CT molecular complexity index is 440. The molecular formula is C14H19ClN2O. The fourth-order valence-corrected chi connectivity index (χ4v) is 2.12. The van der Waals surface area contributed by atoms with E-state index in [1.54, 1.807) is 13.0 Å². The highest BCUT2D eigenvalue weighted by atomic mass is 35.5. The van der Waals surface area contributed by atoms with Crippen LogP contribution in [0.25, 0.3) is 0 Å². The summed E-state index contributed by atoms with van der Waals surface area (Å²) in [6.45, 7) is 7.07. The molecule has 0 aliphatic rings. The topological polar surface area (TPSA) is 47.3 Å². The van der Waals surface area contributed by atoms with E-state index in [0.29, 0.717) is 11.6 Å². The maximum absolute atomic E-state index is 9.50. The van der Waals surface area contributed by atoms with Crippen molar-refractivity contribution in [3.63, 3.8) is 0 Å². The van der Waals surface area contributed by atoms with E-state index in [1.807, 2.05) is 26.0 Å². The average Bonchev–Trinajstić information content (AvgIpc) is 2.35. The van der Waals surface area contributed by atoms with Crippen LogP contribution in [-0.4, -0.2) is 18.2 Å². The maximum Gasteiger partial charge on any atom is 0.0762 e. The second-order valence-corrected chi connectivity index (χ2v) is 4.86. The molecular weight excluding hydrogens is 248 g/mol. The third-order valence-corrected chi connectivity index (χ3v) is 3.19. The molecule has 18 heavy (non-hydrogen) atoms. The van der Waals surface area contributed by atoms with Gasteiger partial charge in [0.15, 0.2) is 0 Å². The first-order valence-electron chi connectivity index (χ1n) is 6.11. The minimum atomic E-state index is -0.523. The minimum Gasteiger partial charge on any atom is -0.389 e. The van der Waals surface area contributed by atoms with Crippen LogP contribution in [0.15, 0.2) is 18.2 Å². The number of hydrogen-bond donors (Lipinski definition) is 1. The summed E-state index contributed by atoms with van der Waals surface area (Å²) in [5, 5.41) is 19.0. The van der Waals surface area contributed by atoms with Gasteiger partial charge in [-0.3, -0.25) is 0 Å². The van der Waals surface area contributed by atoms with E-state index in [1.165, 1.54) is 0 Å². The lowest BCUT2D eigenvalue weighted by Gasteiger charge is -2.25. The van der Waals surface area contributed by atoms with Crippen molar-refractivity contribution < 1.29 is 5.11 Å². The van der Waals surface area contributed by atoms with Gasteiger partial charge in [-0.2, -0.15) is 5.26 Å². The molecule has 4 heteroatoms. The monoisotopic (exact) mass is 266 g/mol. The minimum absolute atomic E-state index is 0.0440. The Morgan fingerprint density at radius 3 is 2.56 bits per heavy atom. The molecule has 1 aromatic carbocycles. The largest absolute Gasteiger partial charge is 0.389 e. The van der Waals surface area contributed by atoms with Crippen molar-refractivity contribution in [2.45, 2.75) is 26.9 Å². The third-order valence-electron chi connectivity index (χ3n) is 2.89. The second kappa shape index (κ2) is 6.63. The highest BCUT2D eigenvalue weighted by Gasteiger charge is 2.13. The van der Waals surface area contributed by atoms with Crippen molar-refractivity contribution in [3.8, 4) is 6.07 Å². The van der Waals surface area contributed by atoms with Gasteiger partial charge in [-0.15, -0.1) is 0 Å². The summed E-state index contributed by atoms with van der Waals surface area (Å²) < 4.78 is 0. The Morgan fingerprint density at radius 2 is 2.11 bits per heavy atom. The van der Waals surface area contributed by atoms with Crippen molar-refractivity contribution in [1.29, 1.82) is 5.26 Å². The van der Waals surface area contributed by atoms with Crippen LogP contribution in [-0.2, 0) is 0 Å². The summed E-state index contributed by atoms with van der Waals surface area (Å²) >= 11 is 6.24. The van der Waals surface area contributed by atoms with Crippen molar-refractivity contribution in [3.05, 3.63) is 28.8 Å². The fourth-order valence-electron chi connectivity index (χ4n) is 1.81. The molecule has 0 heterocycles. The predicted octanol–water partition coefficient (Wildman–Crippen LogP) is 3.38. The van der Waals surface area contributed by atoms with E-state index in [2.05, 4.69) is 11.0 Å². The predicted molar refractivity (Wildman–Crippen MR) is 74.7 cm³/mol. The summed E-state index contributed by atoms with van der Waals surface area (Å²) in [5.41, 5.74) is 1.71. The lowest BCUT2D eigenvalue weighted by Crippen LogP contribution is -2.28. The van der Waals surface area contributed by atoms with E-state index in [4.69, 9.17) is 16.9 Å². The molecule has 2 atom stereocenters. The van der Waals surface area contributed by atoms with E-state index in [9.17, 15) is 5.11 Å². The third kappa shape index (κ3) is 3.63. The smallest absolute Gasteiger partial charge is 0.0762 e. The number of rotatable bonds is 5.